The normalized spacial score (nSPS) is 15.9. The van der Waals surface area contributed by atoms with Crippen LogP contribution >= 0.6 is 23.4 Å². The van der Waals surface area contributed by atoms with Crippen LogP contribution in [-0.4, -0.2) is 17.8 Å². The molecule has 0 saturated carbocycles. The third-order valence-electron chi connectivity index (χ3n) is 2.66. The number of nitrogens with one attached hydrogen (secondary N) is 1. The predicted molar refractivity (Wildman–Crippen MR) is 74.5 cm³/mol. The number of thioether (sulfide) groups is 1. The minimum atomic E-state index is -0.478. The number of rotatable bonds is 5. The SMILES string of the molecule is CNC(C)(C#N)CC(C)Sc1ccccc1Cl. The molecular weight excluding hydrogens is 252 g/mol. The van der Waals surface area contributed by atoms with Crippen molar-refractivity contribution in [3.05, 3.63) is 29.3 Å². The molecule has 0 aliphatic heterocycles. The molecule has 0 aliphatic rings. The van der Waals surface area contributed by atoms with Crippen molar-refractivity contribution in [1.29, 1.82) is 5.26 Å². The van der Waals surface area contributed by atoms with E-state index < -0.39 is 5.54 Å². The van der Waals surface area contributed by atoms with Crippen LogP contribution in [0.15, 0.2) is 29.2 Å². The minimum absolute atomic E-state index is 0.326. The van der Waals surface area contributed by atoms with Crippen molar-refractivity contribution in [3.8, 4) is 6.07 Å². The summed E-state index contributed by atoms with van der Waals surface area (Å²) in [5, 5.41) is 13.3. The summed E-state index contributed by atoms with van der Waals surface area (Å²) in [5.74, 6) is 0. The Balaban J connectivity index is 2.65. The Bertz CT molecular complexity index is 416. The summed E-state index contributed by atoms with van der Waals surface area (Å²) in [4.78, 5) is 1.07. The van der Waals surface area contributed by atoms with Gasteiger partial charge in [-0.25, -0.2) is 0 Å². The first kappa shape index (κ1) is 14.4. The first-order valence-electron chi connectivity index (χ1n) is 5.52. The van der Waals surface area contributed by atoms with Crippen LogP contribution in [0, 0.1) is 11.3 Å². The second-order valence-electron chi connectivity index (χ2n) is 4.26. The van der Waals surface area contributed by atoms with Gasteiger partial charge in [-0.1, -0.05) is 30.7 Å². The van der Waals surface area contributed by atoms with E-state index in [9.17, 15) is 0 Å². The van der Waals surface area contributed by atoms with Gasteiger partial charge in [0.2, 0.25) is 0 Å². The molecule has 0 fully saturated rings. The molecule has 0 amide bonds. The number of hydrogen-bond acceptors (Lipinski definition) is 3. The van der Waals surface area contributed by atoms with Crippen LogP contribution in [0.3, 0.4) is 0 Å². The van der Waals surface area contributed by atoms with Gasteiger partial charge in [-0.05, 0) is 32.5 Å². The summed E-state index contributed by atoms with van der Waals surface area (Å²) >= 11 is 7.81. The highest BCUT2D eigenvalue weighted by Crippen LogP contribution is 2.33. The van der Waals surface area contributed by atoms with Gasteiger partial charge in [0.05, 0.1) is 11.1 Å². The molecule has 1 aromatic carbocycles. The van der Waals surface area contributed by atoms with Crippen LogP contribution in [0.2, 0.25) is 5.02 Å². The summed E-state index contributed by atoms with van der Waals surface area (Å²) in [6.07, 6.45) is 0.774. The number of benzene rings is 1. The fourth-order valence-electron chi connectivity index (χ4n) is 1.58. The van der Waals surface area contributed by atoms with E-state index in [1.165, 1.54) is 0 Å². The Morgan fingerprint density at radius 1 is 1.53 bits per heavy atom. The van der Waals surface area contributed by atoms with Crippen molar-refractivity contribution in [2.75, 3.05) is 7.05 Å². The van der Waals surface area contributed by atoms with Gasteiger partial charge >= 0.3 is 0 Å². The Labute approximate surface area is 112 Å². The fourth-order valence-corrected chi connectivity index (χ4v) is 3.03. The van der Waals surface area contributed by atoms with Gasteiger partial charge in [0.25, 0.3) is 0 Å². The Hall–Kier alpha value is -0.690. The molecule has 0 spiro atoms. The van der Waals surface area contributed by atoms with Crippen molar-refractivity contribution < 1.29 is 0 Å². The molecule has 1 N–H and O–H groups in total. The van der Waals surface area contributed by atoms with Gasteiger partial charge in [-0.3, -0.25) is 0 Å². The molecule has 92 valence electrons. The maximum absolute atomic E-state index is 9.11. The lowest BCUT2D eigenvalue weighted by atomic mass is 9.98. The first-order chi connectivity index (χ1) is 8.00. The number of hydrogen-bond donors (Lipinski definition) is 1. The third kappa shape index (κ3) is 4.23. The van der Waals surface area contributed by atoms with E-state index in [-0.39, 0.29) is 0 Å². The van der Waals surface area contributed by atoms with Crippen LogP contribution in [0.5, 0.6) is 0 Å². The smallest absolute Gasteiger partial charge is 0.104 e. The van der Waals surface area contributed by atoms with Crippen molar-refractivity contribution >= 4 is 23.4 Å². The summed E-state index contributed by atoms with van der Waals surface area (Å²) in [6.45, 7) is 4.03. The molecule has 2 nitrogen and oxygen atoms in total. The predicted octanol–water partition coefficient (Wildman–Crippen LogP) is 3.71. The van der Waals surface area contributed by atoms with E-state index in [4.69, 9.17) is 16.9 Å². The molecule has 0 aromatic heterocycles. The van der Waals surface area contributed by atoms with Gasteiger partial charge in [0.1, 0.15) is 5.54 Å². The molecule has 0 bridgehead atoms. The second kappa shape index (κ2) is 6.30. The average Bonchev–Trinajstić information content (AvgIpc) is 2.32. The largest absolute Gasteiger partial charge is 0.303 e. The van der Waals surface area contributed by atoms with Crippen molar-refractivity contribution in [2.24, 2.45) is 0 Å². The molecule has 2 unspecified atom stereocenters. The van der Waals surface area contributed by atoms with Gasteiger partial charge in [0, 0.05) is 10.1 Å². The van der Waals surface area contributed by atoms with E-state index in [1.54, 1.807) is 11.8 Å². The molecule has 0 aliphatic carbocycles. The molecule has 4 heteroatoms. The second-order valence-corrected chi connectivity index (χ2v) is 6.14. The Morgan fingerprint density at radius 2 is 2.18 bits per heavy atom. The van der Waals surface area contributed by atoms with Crippen LogP contribution in [0.25, 0.3) is 0 Å². The fraction of sp³-hybridized carbons (Fsp3) is 0.462. The highest BCUT2D eigenvalue weighted by atomic mass is 35.5. The van der Waals surface area contributed by atoms with E-state index in [1.807, 2.05) is 38.2 Å². The van der Waals surface area contributed by atoms with Gasteiger partial charge < -0.3 is 5.32 Å². The minimum Gasteiger partial charge on any atom is -0.303 e. The van der Waals surface area contributed by atoms with E-state index in [2.05, 4.69) is 18.3 Å². The Kier molecular flexibility index (Phi) is 5.32. The summed E-state index contributed by atoms with van der Waals surface area (Å²) in [6, 6.07) is 10.1. The molecule has 2 atom stereocenters. The van der Waals surface area contributed by atoms with E-state index in [0.29, 0.717) is 5.25 Å². The zero-order valence-corrected chi connectivity index (χ0v) is 11.9. The zero-order valence-electron chi connectivity index (χ0n) is 10.3. The topological polar surface area (TPSA) is 35.8 Å². The van der Waals surface area contributed by atoms with Gasteiger partial charge in [0.15, 0.2) is 0 Å². The molecular formula is C13H17ClN2S. The highest BCUT2D eigenvalue weighted by Gasteiger charge is 2.24. The van der Waals surface area contributed by atoms with E-state index in [0.717, 1.165) is 16.3 Å². The lowest BCUT2D eigenvalue weighted by Gasteiger charge is -2.24. The van der Waals surface area contributed by atoms with Gasteiger partial charge in [-0.15, -0.1) is 11.8 Å². The van der Waals surface area contributed by atoms with E-state index >= 15 is 0 Å². The first-order valence-corrected chi connectivity index (χ1v) is 6.78. The number of nitriles is 1. The van der Waals surface area contributed by atoms with Crippen LogP contribution in [0.4, 0.5) is 0 Å². The number of halogens is 1. The highest BCUT2D eigenvalue weighted by molar-refractivity contribution is 8.00. The molecule has 0 radical (unpaired) electrons. The molecule has 0 heterocycles. The quantitative estimate of drug-likeness (QED) is 0.827. The maximum Gasteiger partial charge on any atom is 0.104 e. The summed E-state index contributed by atoms with van der Waals surface area (Å²) < 4.78 is 0. The lowest BCUT2D eigenvalue weighted by molar-refractivity contribution is 0.455. The van der Waals surface area contributed by atoms with Crippen LogP contribution in [0.1, 0.15) is 20.3 Å². The monoisotopic (exact) mass is 268 g/mol. The average molecular weight is 269 g/mol. The molecule has 1 aromatic rings. The van der Waals surface area contributed by atoms with Crippen molar-refractivity contribution in [3.63, 3.8) is 0 Å². The summed E-state index contributed by atoms with van der Waals surface area (Å²) in [5.41, 5.74) is -0.478. The Morgan fingerprint density at radius 3 is 2.71 bits per heavy atom. The number of nitrogens with zero attached hydrogens (tertiary/aromatic N) is 1. The van der Waals surface area contributed by atoms with Crippen LogP contribution in [-0.2, 0) is 0 Å². The lowest BCUT2D eigenvalue weighted by Crippen LogP contribution is -2.40. The third-order valence-corrected chi connectivity index (χ3v) is 4.28. The zero-order chi connectivity index (χ0) is 12.9. The van der Waals surface area contributed by atoms with Crippen molar-refractivity contribution in [2.45, 2.75) is 36.0 Å². The molecule has 1 rings (SSSR count). The molecule has 0 saturated heterocycles. The van der Waals surface area contributed by atoms with Crippen molar-refractivity contribution in [1.82, 2.24) is 5.32 Å². The molecule has 17 heavy (non-hydrogen) atoms. The van der Waals surface area contributed by atoms with Gasteiger partial charge in [-0.2, -0.15) is 5.26 Å². The summed E-state index contributed by atoms with van der Waals surface area (Å²) in [7, 11) is 1.82. The van der Waals surface area contributed by atoms with Crippen LogP contribution < -0.4 is 5.32 Å². The standard InChI is InChI=1S/C13H17ClN2S/c1-10(8-13(2,9-15)16-3)17-12-7-5-4-6-11(12)14/h4-7,10,16H,8H2,1-3H3. The maximum atomic E-state index is 9.11.